The number of nitrogens with zero attached hydrogens (tertiary/aromatic N) is 1. The molecule has 0 radical (unpaired) electrons. The first-order valence-corrected chi connectivity index (χ1v) is 5.42. The van der Waals surface area contributed by atoms with Crippen LogP contribution in [0.3, 0.4) is 0 Å². The van der Waals surface area contributed by atoms with E-state index in [1.807, 2.05) is 12.1 Å². The Hall–Kier alpha value is -1.41. The van der Waals surface area contributed by atoms with Crippen molar-refractivity contribution in [1.29, 1.82) is 0 Å². The monoisotopic (exact) mass is 200 g/mol. The van der Waals surface area contributed by atoms with Crippen LogP contribution in [0.2, 0.25) is 0 Å². The Morgan fingerprint density at radius 1 is 1.20 bits per heavy atom. The van der Waals surface area contributed by atoms with Crippen LogP contribution in [0.25, 0.3) is 10.9 Å². The van der Waals surface area contributed by atoms with Gasteiger partial charge < -0.3 is 5.73 Å². The number of rotatable bonds is 3. The molecule has 15 heavy (non-hydrogen) atoms. The third-order valence-electron chi connectivity index (χ3n) is 2.61. The van der Waals surface area contributed by atoms with E-state index in [-0.39, 0.29) is 0 Å². The highest BCUT2D eigenvalue weighted by atomic mass is 14.7. The predicted molar refractivity (Wildman–Crippen MR) is 63.6 cm³/mol. The molecule has 78 valence electrons. The summed E-state index contributed by atoms with van der Waals surface area (Å²) < 4.78 is 0. The van der Waals surface area contributed by atoms with E-state index >= 15 is 0 Å². The van der Waals surface area contributed by atoms with Gasteiger partial charge in [0.1, 0.15) is 0 Å². The maximum absolute atomic E-state index is 5.58. The van der Waals surface area contributed by atoms with Crippen LogP contribution in [0, 0.1) is 0 Å². The third-order valence-corrected chi connectivity index (χ3v) is 2.61. The molecule has 2 rings (SSSR count). The summed E-state index contributed by atoms with van der Waals surface area (Å²) in [6.07, 6.45) is 2.28. The lowest BCUT2D eigenvalue weighted by molar-refractivity contribution is 0.928. The first-order valence-electron chi connectivity index (χ1n) is 5.42. The van der Waals surface area contributed by atoms with Gasteiger partial charge in [-0.1, -0.05) is 31.5 Å². The van der Waals surface area contributed by atoms with Crippen molar-refractivity contribution < 1.29 is 0 Å². The Balaban J connectivity index is 2.56. The van der Waals surface area contributed by atoms with Crippen molar-refractivity contribution in [3.63, 3.8) is 0 Å². The zero-order valence-electron chi connectivity index (χ0n) is 9.03. The van der Waals surface area contributed by atoms with Crippen LogP contribution in [0.15, 0.2) is 30.3 Å². The molecule has 0 bridgehead atoms. The lowest BCUT2D eigenvalue weighted by Gasteiger charge is -2.05. The molecule has 1 heterocycles. The van der Waals surface area contributed by atoms with Gasteiger partial charge >= 0.3 is 0 Å². The number of benzene rings is 1. The lowest BCUT2D eigenvalue weighted by Crippen LogP contribution is -1.99. The normalized spacial score (nSPS) is 10.8. The number of hydrogen-bond acceptors (Lipinski definition) is 2. The van der Waals surface area contributed by atoms with Gasteiger partial charge in [-0.15, -0.1) is 0 Å². The Labute approximate surface area is 90.1 Å². The van der Waals surface area contributed by atoms with Gasteiger partial charge in [0.25, 0.3) is 0 Å². The van der Waals surface area contributed by atoms with Gasteiger partial charge in [-0.05, 0) is 24.1 Å². The van der Waals surface area contributed by atoms with Crippen molar-refractivity contribution in [2.45, 2.75) is 26.3 Å². The predicted octanol–water partition coefficient (Wildman–Crippen LogP) is 2.65. The SMILES string of the molecule is CCCc1cccc2nc(CN)ccc12. The van der Waals surface area contributed by atoms with E-state index in [9.17, 15) is 0 Å². The fraction of sp³-hybridized carbons (Fsp3) is 0.308. The molecule has 2 N–H and O–H groups in total. The molecule has 0 fully saturated rings. The van der Waals surface area contributed by atoms with Gasteiger partial charge in [-0.3, -0.25) is 4.98 Å². The number of fused-ring (bicyclic) bond motifs is 1. The zero-order chi connectivity index (χ0) is 10.7. The van der Waals surface area contributed by atoms with Gasteiger partial charge in [0.15, 0.2) is 0 Å². The molecule has 0 atom stereocenters. The number of aryl methyl sites for hydroxylation is 1. The highest BCUT2D eigenvalue weighted by molar-refractivity contribution is 5.82. The topological polar surface area (TPSA) is 38.9 Å². The highest BCUT2D eigenvalue weighted by Crippen LogP contribution is 2.18. The minimum absolute atomic E-state index is 0.508. The second-order valence-corrected chi connectivity index (χ2v) is 3.74. The van der Waals surface area contributed by atoms with Crippen LogP contribution in [0.4, 0.5) is 0 Å². The third kappa shape index (κ3) is 2.00. The highest BCUT2D eigenvalue weighted by Gasteiger charge is 2.01. The average molecular weight is 200 g/mol. The van der Waals surface area contributed by atoms with Crippen LogP contribution in [0.1, 0.15) is 24.6 Å². The lowest BCUT2D eigenvalue weighted by atomic mass is 10.0. The van der Waals surface area contributed by atoms with Gasteiger partial charge in [-0.25, -0.2) is 0 Å². The summed E-state index contributed by atoms with van der Waals surface area (Å²) >= 11 is 0. The fourth-order valence-corrected chi connectivity index (χ4v) is 1.86. The van der Waals surface area contributed by atoms with E-state index in [1.165, 1.54) is 10.9 Å². The summed E-state index contributed by atoms with van der Waals surface area (Å²) in [6.45, 7) is 2.70. The molecule has 2 heteroatoms. The molecule has 2 nitrogen and oxygen atoms in total. The van der Waals surface area contributed by atoms with Crippen molar-refractivity contribution in [2.24, 2.45) is 5.73 Å². The van der Waals surface area contributed by atoms with Crippen molar-refractivity contribution in [3.05, 3.63) is 41.6 Å². The first kappa shape index (κ1) is 10.1. The molecule has 0 saturated heterocycles. The Bertz CT molecular complexity index is 463. The minimum atomic E-state index is 0.508. The Morgan fingerprint density at radius 2 is 2.07 bits per heavy atom. The second kappa shape index (κ2) is 4.41. The first-order chi connectivity index (χ1) is 7.35. The van der Waals surface area contributed by atoms with Crippen molar-refractivity contribution >= 4 is 10.9 Å². The minimum Gasteiger partial charge on any atom is -0.325 e. The van der Waals surface area contributed by atoms with Gasteiger partial charge in [0, 0.05) is 11.9 Å². The molecular weight excluding hydrogens is 184 g/mol. The summed E-state index contributed by atoms with van der Waals surface area (Å²) in [5, 5.41) is 1.26. The van der Waals surface area contributed by atoms with E-state index in [0.717, 1.165) is 24.1 Å². The van der Waals surface area contributed by atoms with Crippen molar-refractivity contribution in [2.75, 3.05) is 0 Å². The van der Waals surface area contributed by atoms with E-state index in [1.54, 1.807) is 0 Å². The van der Waals surface area contributed by atoms with Gasteiger partial charge in [0.2, 0.25) is 0 Å². The van der Waals surface area contributed by atoms with Crippen LogP contribution in [-0.2, 0) is 13.0 Å². The van der Waals surface area contributed by atoms with Crippen molar-refractivity contribution in [3.8, 4) is 0 Å². The van der Waals surface area contributed by atoms with E-state index < -0.39 is 0 Å². The van der Waals surface area contributed by atoms with Gasteiger partial charge in [-0.2, -0.15) is 0 Å². The molecule has 0 aliphatic rings. The van der Waals surface area contributed by atoms with Crippen LogP contribution in [-0.4, -0.2) is 4.98 Å². The molecule has 2 aromatic rings. The van der Waals surface area contributed by atoms with Crippen LogP contribution in [0.5, 0.6) is 0 Å². The average Bonchev–Trinajstić information content (AvgIpc) is 2.29. The molecule has 0 aliphatic carbocycles. The molecule has 0 amide bonds. The summed E-state index contributed by atoms with van der Waals surface area (Å²) in [5.41, 5.74) is 8.97. The molecule has 0 aliphatic heterocycles. The summed E-state index contributed by atoms with van der Waals surface area (Å²) in [5.74, 6) is 0. The van der Waals surface area contributed by atoms with Crippen molar-refractivity contribution in [1.82, 2.24) is 4.98 Å². The Morgan fingerprint density at radius 3 is 2.80 bits per heavy atom. The number of hydrogen-bond donors (Lipinski definition) is 1. The molecular formula is C13H16N2. The number of pyridine rings is 1. The summed E-state index contributed by atoms with van der Waals surface area (Å²) in [6, 6.07) is 10.4. The largest absolute Gasteiger partial charge is 0.325 e. The molecule has 0 spiro atoms. The van der Waals surface area contributed by atoms with E-state index in [4.69, 9.17) is 5.73 Å². The maximum atomic E-state index is 5.58. The quantitative estimate of drug-likeness (QED) is 0.827. The smallest absolute Gasteiger partial charge is 0.0708 e. The van der Waals surface area contributed by atoms with E-state index in [2.05, 4.69) is 30.1 Å². The van der Waals surface area contributed by atoms with Crippen LogP contribution < -0.4 is 5.73 Å². The fourth-order valence-electron chi connectivity index (χ4n) is 1.86. The standard InChI is InChI=1S/C13H16N2/c1-2-4-10-5-3-6-13-12(10)8-7-11(9-14)15-13/h3,5-8H,2,4,9,14H2,1H3. The second-order valence-electron chi connectivity index (χ2n) is 3.74. The van der Waals surface area contributed by atoms with Gasteiger partial charge in [0.05, 0.1) is 11.2 Å². The Kier molecular flexibility index (Phi) is 2.97. The summed E-state index contributed by atoms with van der Waals surface area (Å²) in [4.78, 5) is 4.51. The summed E-state index contributed by atoms with van der Waals surface area (Å²) in [7, 11) is 0. The molecule has 0 saturated carbocycles. The zero-order valence-corrected chi connectivity index (χ0v) is 9.03. The number of aromatic nitrogens is 1. The molecule has 1 aromatic heterocycles. The molecule has 1 aromatic carbocycles. The van der Waals surface area contributed by atoms with Crippen LogP contribution >= 0.6 is 0 Å². The maximum Gasteiger partial charge on any atom is 0.0708 e. The number of nitrogens with two attached hydrogens (primary N) is 1. The van der Waals surface area contributed by atoms with E-state index in [0.29, 0.717) is 6.54 Å². The molecule has 0 unspecified atom stereocenters.